The number of amides is 1. The van der Waals surface area contributed by atoms with Crippen LogP contribution in [-0.2, 0) is 11.4 Å². The normalized spacial score (nSPS) is 14.7. The lowest BCUT2D eigenvalue weighted by molar-refractivity contribution is -0.113. The Morgan fingerprint density at radius 1 is 1.15 bits per heavy atom. The number of hydrogen-bond acceptors (Lipinski definition) is 6. The van der Waals surface area contributed by atoms with Gasteiger partial charge in [-0.15, -0.1) is 0 Å². The fourth-order valence-corrected chi connectivity index (χ4v) is 4.82. The summed E-state index contributed by atoms with van der Waals surface area (Å²) in [5.41, 5.74) is 4.32. The molecule has 1 fully saturated rings. The monoisotopic (exact) mass is 476 g/mol. The van der Waals surface area contributed by atoms with Gasteiger partial charge in [0.05, 0.1) is 21.8 Å². The quantitative estimate of drug-likeness (QED) is 0.378. The molecule has 166 valence electrons. The number of carboxylic acid groups (broad SMARTS) is 1. The van der Waals surface area contributed by atoms with E-state index >= 15 is 0 Å². The van der Waals surface area contributed by atoms with E-state index in [0.29, 0.717) is 21.5 Å². The number of ether oxygens (including phenoxy) is 1. The van der Waals surface area contributed by atoms with Gasteiger partial charge in [-0.3, -0.25) is 14.7 Å². The number of anilines is 1. The Balaban J connectivity index is 1.54. The van der Waals surface area contributed by atoms with Gasteiger partial charge in [0.25, 0.3) is 5.91 Å². The number of carbonyl (C=O) groups is 2. The lowest BCUT2D eigenvalue weighted by Crippen LogP contribution is -2.27. The Hall–Kier alpha value is -3.49. The van der Waals surface area contributed by atoms with E-state index in [-0.39, 0.29) is 11.5 Å². The Kier molecular flexibility index (Phi) is 6.57. The number of benzene rings is 2. The van der Waals surface area contributed by atoms with E-state index in [9.17, 15) is 9.59 Å². The second-order valence-electron chi connectivity index (χ2n) is 7.46. The first-order chi connectivity index (χ1) is 15.8. The molecule has 2 aromatic carbocycles. The third kappa shape index (κ3) is 4.97. The van der Waals surface area contributed by atoms with Crippen molar-refractivity contribution >= 4 is 51.9 Å². The number of thioether (sulfide) groups is 1. The van der Waals surface area contributed by atoms with Gasteiger partial charge in [-0.1, -0.05) is 30.0 Å². The highest BCUT2D eigenvalue weighted by atomic mass is 32.2. The minimum absolute atomic E-state index is 0.149. The van der Waals surface area contributed by atoms with Crippen LogP contribution in [0.1, 0.15) is 32.7 Å². The van der Waals surface area contributed by atoms with Crippen molar-refractivity contribution in [2.45, 2.75) is 20.5 Å². The molecule has 0 aliphatic carbocycles. The van der Waals surface area contributed by atoms with Gasteiger partial charge in [-0.05, 0) is 85.1 Å². The molecule has 0 atom stereocenters. The summed E-state index contributed by atoms with van der Waals surface area (Å²) in [6, 6.07) is 15.7. The van der Waals surface area contributed by atoms with Gasteiger partial charge < -0.3 is 9.84 Å². The van der Waals surface area contributed by atoms with Crippen molar-refractivity contribution in [1.29, 1.82) is 0 Å². The zero-order chi connectivity index (χ0) is 23.5. The number of nitrogens with zero attached hydrogens (tertiary/aromatic N) is 2. The van der Waals surface area contributed by atoms with E-state index in [1.54, 1.807) is 18.3 Å². The maximum atomic E-state index is 13.0. The van der Waals surface area contributed by atoms with Crippen LogP contribution in [0.3, 0.4) is 0 Å². The van der Waals surface area contributed by atoms with Gasteiger partial charge in [0.2, 0.25) is 0 Å². The van der Waals surface area contributed by atoms with Crippen molar-refractivity contribution in [1.82, 2.24) is 4.98 Å². The molecule has 0 saturated carbocycles. The van der Waals surface area contributed by atoms with Gasteiger partial charge in [0, 0.05) is 6.20 Å². The predicted octanol–water partition coefficient (Wildman–Crippen LogP) is 5.38. The second kappa shape index (κ2) is 9.56. The minimum atomic E-state index is -1.02. The van der Waals surface area contributed by atoms with Crippen LogP contribution >= 0.6 is 24.0 Å². The molecule has 1 aliphatic heterocycles. The summed E-state index contributed by atoms with van der Waals surface area (Å²) >= 11 is 6.63. The molecule has 1 amide bonds. The van der Waals surface area contributed by atoms with Crippen LogP contribution in [0, 0.1) is 13.8 Å². The summed E-state index contributed by atoms with van der Waals surface area (Å²) in [6.07, 6.45) is 3.55. The lowest BCUT2D eigenvalue weighted by atomic mass is 10.0. The lowest BCUT2D eigenvalue weighted by Gasteiger charge is -2.14. The number of aromatic carboxylic acids is 1. The van der Waals surface area contributed by atoms with Gasteiger partial charge >= 0.3 is 5.97 Å². The summed E-state index contributed by atoms with van der Waals surface area (Å²) in [6.45, 7) is 4.31. The highest BCUT2D eigenvalue weighted by Crippen LogP contribution is 2.37. The minimum Gasteiger partial charge on any atom is -0.487 e. The van der Waals surface area contributed by atoms with E-state index in [4.69, 9.17) is 22.1 Å². The predicted molar refractivity (Wildman–Crippen MR) is 134 cm³/mol. The maximum Gasteiger partial charge on any atom is 0.335 e. The topological polar surface area (TPSA) is 79.7 Å². The summed E-state index contributed by atoms with van der Waals surface area (Å²) < 4.78 is 6.39. The molecule has 3 aromatic rings. The summed E-state index contributed by atoms with van der Waals surface area (Å²) in [4.78, 5) is 30.3. The third-order valence-electron chi connectivity index (χ3n) is 5.04. The fourth-order valence-electron chi connectivity index (χ4n) is 3.52. The Morgan fingerprint density at radius 2 is 1.85 bits per heavy atom. The molecule has 0 unspecified atom stereocenters. The number of pyridine rings is 1. The van der Waals surface area contributed by atoms with Crippen LogP contribution in [0.5, 0.6) is 5.75 Å². The summed E-state index contributed by atoms with van der Waals surface area (Å²) in [5, 5.41) is 9.08. The summed E-state index contributed by atoms with van der Waals surface area (Å²) in [7, 11) is 0. The van der Waals surface area contributed by atoms with Crippen LogP contribution < -0.4 is 9.64 Å². The van der Waals surface area contributed by atoms with E-state index in [1.807, 2.05) is 50.3 Å². The van der Waals surface area contributed by atoms with Gasteiger partial charge in [-0.25, -0.2) is 4.79 Å². The molecule has 1 aliphatic rings. The molecule has 0 bridgehead atoms. The number of aryl methyl sites for hydroxylation is 2. The zero-order valence-corrected chi connectivity index (χ0v) is 19.6. The van der Waals surface area contributed by atoms with E-state index in [0.717, 1.165) is 28.1 Å². The molecule has 1 N–H and O–H groups in total. The molecular weight excluding hydrogens is 456 g/mol. The van der Waals surface area contributed by atoms with E-state index in [2.05, 4.69) is 4.98 Å². The van der Waals surface area contributed by atoms with Crippen LogP contribution in [0.25, 0.3) is 6.08 Å². The average molecular weight is 477 g/mol. The largest absolute Gasteiger partial charge is 0.487 e. The van der Waals surface area contributed by atoms with Crippen LogP contribution in [0.2, 0.25) is 0 Å². The molecule has 2 heterocycles. The van der Waals surface area contributed by atoms with Crippen LogP contribution in [-0.4, -0.2) is 26.3 Å². The van der Waals surface area contributed by atoms with Gasteiger partial charge in [-0.2, -0.15) is 0 Å². The van der Waals surface area contributed by atoms with Gasteiger partial charge in [0.1, 0.15) is 12.4 Å². The Labute approximate surface area is 200 Å². The third-order valence-corrected chi connectivity index (χ3v) is 6.34. The zero-order valence-electron chi connectivity index (χ0n) is 17.9. The van der Waals surface area contributed by atoms with Crippen molar-refractivity contribution in [2.24, 2.45) is 0 Å². The maximum absolute atomic E-state index is 13.0. The van der Waals surface area contributed by atoms with Crippen molar-refractivity contribution in [3.05, 3.63) is 93.6 Å². The molecule has 33 heavy (non-hydrogen) atoms. The van der Waals surface area contributed by atoms with Crippen molar-refractivity contribution < 1.29 is 19.4 Å². The SMILES string of the molecule is Cc1cc(/C=C2\SC(=S)N(c3ccc(C(=O)O)cc3)C2=O)cc(C)c1OCc1ccccn1. The average Bonchev–Trinajstić information content (AvgIpc) is 3.06. The smallest absolute Gasteiger partial charge is 0.335 e. The number of aromatic nitrogens is 1. The first kappa shape index (κ1) is 22.7. The molecule has 0 spiro atoms. The highest BCUT2D eigenvalue weighted by molar-refractivity contribution is 8.27. The molecule has 8 heteroatoms. The van der Waals surface area contributed by atoms with Crippen molar-refractivity contribution in [3.63, 3.8) is 0 Å². The number of hydrogen-bond donors (Lipinski definition) is 1. The van der Waals surface area contributed by atoms with Crippen LogP contribution in [0.4, 0.5) is 5.69 Å². The van der Waals surface area contributed by atoms with E-state index in [1.165, 1.54) is 28.8 Å². The highest BCUT2D eigenvalue weighted by Gasteiger charge is 2.33. The van der Waals surface area contributed by atoms with Gasteiger partial charge in [0.15, 0.2) is 4.32 Å². The van der Waals surface area contributed by atoms with E-state index < -0.39 is 5.97 Å². The van der Waals surface area contributed by atoms with Crippen molar-refractivity contribution in [2.75, 3.05) is 4.90 Å². The molecule has 1 saturated heterocycles. The number of thiocarbonyl (C=S) groups is 1. The first-order valence-electron chi connectivity index (χ1n) is 10.1. The number of carboxylic acids is 1. The Bertz CT molecular complexity index is 1250. The molecule has 1 aromatic heterocycles. The number of carbonyl (C=O) groups excluding carboxylic acids is 1. The molecule has 6 nitrogen and oxygen atoms in total. The Morgan fingerprint density at radius 3 is 2.45 bits per heavy atom. The standard InChI is InChI=1S/C25H20N2O4S2/c1-15-11-17(12-16(2)22(15)31-14-19-5-3-4-10-26-19)13-21-23(28)27(25(32)33-21)20-8-6-18(7-9-20)24(29)30/h3-13H,14H2,1-2H3,(H,29,30)/b21-13-. The second-order valence-corrected chi connectivity index (χ2v) is 9.14. The van der Waals surface area contributed by atoms with Crippen molar-refractivity contribution in [3.8, 4) is 5.75 Å². The molecule has 4 rings (SSSR count). The summed E-state index contributed by atoms with van der Waals surface area (Å²) in [5.74, 6) is -0.465. The van der Waals surface area contributed by atoms with Crippen LogP contribution in [0.15, 0.2) is 65.7 Å². The molecule has 0 radical (unpaired) electrons. The number of rotatable bonds is 6. The molecular formula is C25H20N2O4S2. The fraction of sp³-hybridized carbons (Fsp3) is 0.120. The first-order valence-corrected chi connectivity index (χ1v) is 11.3.